The van der Waals surface area contributed by atoms with Crippen LogP contribution in [0.4, 0.5) is 13.2 Å². The van der Waals surface area contributed by atoms with Crippen molar-refractivity contribution in [1.29, 1.82) is 0 Å². The average molecular weight is 548 g/mol. The van der Waals surface area contributed by atoms with Crippen molar-refractivity contribution < 1.29 is 26.3 Å². The molecule has 1 aromatic carbocycles. The number of halogens is 3. The predicted molar refractivity (Wildman–Crippen MR) is 128 cm³/mol. The fourth-order valence-electron chi connectivity index (χ4n) is 3.70. The van der Waals surface area contributed by atoms with Gasteiger partial charge in [0.2, 0.25) is 0 Å². The number of rotatable bonds is 7. The Morgan fingerprint density at radius 2 is 1.84 bits per heavy atom. The Morgan fingerprint density at radius 3 is 2.50 bits per heavy atom. The van der Waals surface area contributed by atoms with Crippen molar-refractivity contribution in [2.24, 2.45) is 0 Å². The van der Waals surface area contributed by atoms with Gasteiger partial charge in [0.05, 0.1) is 26.0 Å². The van der Waals surface area contributed by atoms with E-state index in [0.29, 0.717) is 11.3 Å². The Balaban J connectivity index is 1.71. The summed E-state index contributed by atoms with van der Waals surface area (Å²) in [5.74, 6) is -0.943. The molecule has 0 aliphatic heterocycles. The molecule has 5 aromatic rings. The van der Waals surface area contributed by atoms with E-state index in [1.165, 1.54) is 50.4 Å². The van der Waals surface area contributed by atoms with Gasteiger partial charge in [-0.25, -0.2) is 23.6 Å². The van der Waals surface area contributed by atoms with Crippen LogP contribution in [0, 0.1) is 0 Å². The lowest BCUT2D eigenvalue weighted by molar-refractivity contribution is -0.144. The summed E-state index contributed by atoms with van der Waals surface area (Å²) in [5, 5.41) is 3.72. The number of imidazole rings is 2. The fourth-order valence-corrected chi connectivity index (χ4v) is 4.48. The smallest absolute Gasteiger partial charge is 0.453 e. The predicted octanol–water partition coefficient (Wildman–Crippen LogP) is 2.58. The molecule has 0 fully saturated rings. The van der Waals surface area contributed by atoms with Crippen LogP contribution in [0.5, 0.6) is 5.75 Å². The molecule has 0 amide bonds. The molecule has 0 radical (unpaired) electrons. The monoisotopic (exact) mass is 547 g/mol. The van der Waals surface area contributed by atoms with E-state index >= 15 is 0 Å². The van der Waals surface area contributed by atoms with Gasteiger partial charge in [-0.2, -0.15) is 25.9 Å². The molecule has 0 aliphatic carbocycles. The molecule has 38 heavy (non-hydrogen) atoms. The number of hydrogen-bond donors (Lipinski definition) is 0. The molecule has 0 bridgehead atoms. The first kappa shape index (κ1) is 25.3. The molecule has 0 saturated carbocycles. The minimum absolute atomic E-state index is 0.0158. The molecule has 198 valence electrons. The van der Waals surface area contributed by atoms with E-state index < -0.39 is 22.2 Å². The van der Waals surface area contributed by atoms with Gasteiger partial charge in [0.1, 0.15) is 29.2 Å². The van der Waals surface area contributed by atoms with E-state index in [1.807, 2.05) is 0 Å². The first-order valence-electron chi connectivity index (χ1n) is 10.9. The molecule has 0 atom stereocenters. The number of alkyl halides is 3. The van der Waals surface area contributed by atoms with Crippen molar-refractivity contribution in [2.45, 2.75) is 12.7 Å². The van der Waals surface area contributed by atoms with Gasteiger partial charge in [0.15, 0.2) is 11.5 Å². The van der Waals surface area contributed by atoms with Crippen LogP contribution in [-0.4, -0.2) is 72.0 Å². The van der Waals surface area contributed by atoms with Crippen molar-refractivity contribution in [1.82, 2.24) is 42.4 Å². The molecule has 12 nitrogen and oxygen atoms in total. The van der Waals surface area contributed by atoms with Crippen molar-refractivity contribution in [3.05, 3.63) is 66.8 Å². The van der Waals surface area contributed by atoms with E-state index in [0.717, 1.165) is 19.3 Å². The summed E-state index contributed by atoms with van der Waals surface area (Å²) in [6.45, 7) is -0.0581. The Kier molecular flexibility index (Phi) is 6.15. The number of fused-ring (bicyclic) bond motifs is 1. The van der Waals surface area contributed by atoms with Crippen molar-refractivity contribution in [3.63, 3.8) is 0 Å². The third-order valence-electron chi connectivity index (χ3n) is 5.59. The van der Waals surface area contributed by atoms with Crippen LogP contribution in [-0.2, 0) is 22.9 Å². The lowest BCUT2D eigenvalue weighted by Gasteiger charge is -2.10. The maximum atomic E-state index is 13.7. The highest BCUT2D eigenvalue weighted by atomic mass is 32.2. The number of nitrogens with zero attached hydrogens (tertiary/aromatic N) is 9. The van der Waals surface area contributed by atoms with Gasteiger partial charge >= 0.3 is 16.4 Å². The van der Waals surface area contributed by atoms with E-state index in [1.54, 1.807) is 24.3 Å². The number of benzene rings is 1. The van der Waals surface area contributed by atoms with Gasteiger partial charge in [0, 0.05) is 26.5 Å². The molecule has 4 heterocycles. The lowest BCUT2D eigenvalue weighted by Crippen LogP contribution is -2.27. The molecule has 5 rings (SSSR count). The van der Waals surface area contributed by atoms with Crippen LogP contribution in [0.15, 0.2) is 55.4 Å². The highest BCUT2D eigenvalue weighted by Gasteiger charge is 2.38. The molecule has 0 aliphatic rings. The molecule has 0 unspecified atom stereocenters. The largest absolute Gasteiger partial charge is 0.497 e. The number of hydrogen-bond acceptors (Lipinski definition) is 8. The standard InChI is InChI=1S/C22H20F3N9O3S/c1-31(2)38(35,36)32-12-16(27-13-32)19-18(28-17-10-26-8-9-33(17)19)20-29-21(22(23,24)25)30-34(20)11-14-4-6-15(37-3)7-5-14/h4-10,12-13H,11H2,1-3H3. The SMILES string of the molecule is COc1ccc(Cn2nc(C(F)(F)F)nc2-c2nc3cnccn3c2-c2cn(S(=O)(=O)N(C)C)cn2)cc1. The van der Waals surface area contributed by atoms with Gasteiger partial charge in [0.25, 0.3) is 5.82 Å². The van der Waals surface area contributed by atoms with Crippen LogP contribution in [0.1, 0.15) is 11.4 Å². The first-order valence-corrected chi connectivity index (χ1v) is 12.3. The number of aromatic nitrogens is 8. The van der Waals surface area contributed by atoms with Gasteiger partial charge in [-0.05, 0) is 17.7 Å². The van der Waals surface area contributed by atoms with Gasteiger partial charge in [-0.1, -0.05) is 12.1 Å². The van der Waals surface area contributed by atoms with Crippen LogP contribution < -0.4 is 4.74 Å². The van der Waals surface area contributed by atoms with E-state index in [2.05, 4.69) is 25.0 Å². The quantitative estimate of drug-likeness (QED) is 0.305. The Labute approximate surface area is 214 Å². The molecular formula is C22H20F3N9O3S. The zero-order valence-electron chi connectivity index (χ0n) is 20.2. The zero-order chi connectivity index (χ0) is 27.2. The van der Waals surface area contributed by atoms with Gasteiger partial charge < -0.3 is 4.74 Å². The van der Waals surface area contributed by atoms with Crippen molar-refractivity contribution >= 4 is 15.9 Å². The summed E-state index contributed by atoms with van der Waals surface area (Å²) in [4.78, 5) is 16.5. The van der Waals surface area contributed by atoms with Crippen LogP contribution in [0.25, 0.3) is 28.6 Å². The molecular weight excluding hydrogens is 527 g/mol. The normalized spacial score (nSPS) is 12.5. The Morgan fingerprint density at radius 1 is 1.11 bits per heavy atom. The summed E-state index contributed by atoms with van der Waals surface area (Å²) in [5.41, 5.74) is 1.29. The second kappa shape index (κ2) is 9.21. The van der Waals surface area contributed by atoms with Crippen molar-refractivity contribution in [2.75, 3.05) is 21.2 Å². The van der Waals surface area contributed by atoms with Gasteiger partial charge in [-0.15, -0.1) is 5.10 Å². The summed E-state index contributed by atoms with van der Waals surface area (Å²) in [6, 6.07) is 6.74. The Bertz CT molecular complexity index is 1720. The topological polar surface area (TPSA) is 125 Å². The molecule has 0 N–H and O–H groups in total. The third-order valence-corrected chi connectivity index (χ3v) is 7.24. The molecule has 0 saturated heterocycles. The maximum absolute atomic E-state index is 13.7. The molecule has 4 aromatic heterocycles. The second-order valence-electron chi connectivity index (χ2n) is 8.26. The van der Waals surface area contributed by atoms with Crippen LogP contribution in [0.3, 0.4) is 0 Å². The minimum atomic E-state index is -4.82. The zero-order valence-corrected chi connectivity index (χ0v) is 21.0. The molecule has 16 heteroatoms. The second-order valence-corrected chi connectivity index (χ2v) is 10.3. The lowest BCUT2D eigenvalue weighted by atomic mass is 10.2. The van der Waals surface area contributed by atoms with E-state index in [9.17, 15) is 21.6 Å². The summed E-state index contributed by atoms with van der Waals surface area (Å²) in [6.07, 6.45) is 1.93. The van der Waals surface area contributed by atoms with Gasteiger partial charge in [-0.3, -0.25) is 9.38 Å². The first-order chi connectivity index (χ1) is 18.0. The minimum Gasteiger partial charge on any atom is -0.497 e. The number of methoxy groups -OCH3 is 1. The van der Waals surface area contributed by atoms with E-state index in [4.69, 9.17) is 4.74 Å². The number of ether oxygens (including phenoxy) is 1. The third kappa shape index (κ3) is 4.47. The summed E-state index contributed by atoms with van der Waals surface area (Å²) in [7, 11) is 0.334. The van der Waals surface area contributed by atoms with Crippen LogP contribution >= 0.6 is 0 Å². The summed E-state index contributed by atoms with van der Waals surface area (Å²) < 4.78 is 76.0. The Hall–Kier alpha value is -4.31. The van der Waals surface area contributed by atoms with Crippen LogP contribution in [0.2, 0.25) is 0 Å². The van der Waals surface area contributed by atoms with Crippen molar-refractivity contribution in [3.8, 4) is 28.7 Å². The summed E-state index contributed by atoms with van der Waals surface area (Å²) >= 11 is 0. The highest BCUT2D eigenvalue weighted by Crippen LogP contribution is 2.34. The maximum Gasteiger partial charge on any atom is 0.453 e. The average Bonchev–Trinajstić information content (AvgIpc) is 3.60. The fraction of sp³-hybridized carbons (Fsp3) is 0.227. The highest BCUT2D eigenvalue weighted by molar-refractivity contribution is 7.87. The van der Waals surface area contributed by atoms with E-state index in [-0.39, 0.29) is 35.1 Å². The molecule has 0 spiro atoms.